The first kappa shape index (κ1) is 9.36. The first-order valence-corrected chi connectivity index (χ1v) is 3.58. The van der Waals surface area contributed by atoms with Crippen LogP contribution < -0.4 is 5.73 Å². The molecule has 0 radical (unpaired) electrons. The van der Waals surface area contributed by atoms with Gasteiger partial charge in [0.15, 0.2) is 6.29 Å². The maximum atomic E-state index is 12.8. The Bertz CT molecular complexity index is 379. The second-order valence-electron chi connectivity index (χ2n) is 2.19. The number of hydrogen-bond acceptors (Lipinski definition) is 3. The highest BCUT2D eigenvalue weighted by Crippen LogP contribution is 2.06. The average Bonchev–Trinajstić information content (AvgIpc) is 2.15. The molecule has 0 amide bonds. The molecular weight excluding hydrogens is 171 g/mol. The number of aromatic nitrogens is 1. The van der Waals surface area contributed by atoms with Crippen molar-refractivity contribution in [2.24, 2.45) is 5.73 Å². The van der Waals surface area contributed by atoms with Gasteiger partial charge in [-0.3, -0.25) is 4.79 Å². The summed E-state index contributed by atoms with van der Waals surface area (Å²) in [5.41, 5.74) is 5.33. The van der Waals surface area contributed by atoms with E-state index in [-0.39, 0.29) is 12.1 Å². The van der Waals surface area contributed by atoms with Crippen LogP contribution in [0.5, 0.6) is 0 Å². The van der Waals surface area contributed by atoms with Gasteiger partial charge in [-0.1, -0.05) is 11.8 Å². The zero-order chi connectivity index (χ0) is 9.68. The molecule has 0 aliphatic heterocycles. The van der Waals surface area contributed by atoms with Crippen molar-refractivity contribution in [1.29, 1.82) is 0 Å². The number of nitrogens with two attached hydrogens (primary N) is 1. The molecule has 0 fully saturated rings. The first-order valence-electron chi connectivity index (χ1n) is 3.58. The summed E-state index contributed by atoms with van der Waals surface area (Å²) in [5, 5.41) is 0. The van der Waals surface area contributed by atoms with Gasteiger partial charge < -0.3 is 5.73 Å². The lowest BCUT2D eigenvalue weighted by Crippen LogP contribution is -1.97. The average molecular weight is 178 g/mol. The van der Waals surface area contributed by atoms with E-state index in [2.05, 4.69) is 16.8 Å². The minimum atomic E-state index is -0.807. The minimum absolute atomic E-state index is 0.122. The third-order valence-electron chi connectivity index (χ3n) is 1.38. The predicted octanol–water partition coefficient (Wildman–Crippen LogP) is 0.343. The lowest BCUT2D eigenvalue weighted by atomic mass is 10.1. The Morgan fingerprint density at radius 3 is 3.08 bits per heavy atom. The van der Waals surface area contributed by atoms with Crippen LogP contribution >= 0.6 is 0 Å². The number of carbonyl (C=O) groups excluding carboxylic acids is 1. The van der Waals surface area contributed by atoms with Gasteiger partial charge in [0, 0.05) is 11.8 Å². The molecule has 0 atom stereocenters. The van der Waals surface area contributed by atoms with Crippen LogP contribution in [0, 0.1) is 17.8 Å². The third kappa shape index (κ3) is 2.10. The van der Waals surface area contributed by atoms with Gasteiger partial charge in [-0.25, -0.2) is 4.98 Å². The Kier molecular flexibility index (Phi) is 3.12. The van der Waals surface area contributed by atoms with Crippen molar-refractivity contribution < 1.29 is 9.18 Å². The number of rotatable bonds is 1. The van der Waals surface area contributed by atoms with Gasteiger partial charge in [0.1, 0.15) is 0 Å². The quantitative estimate of drug-likeness (QED) is 0.383. The van der Waals surface area contributed by atoms with Crippen molar-refractivity contribution >= 4 is 6.29 Å². The number of halogens is 1. The summed E-state index contributed by atoms with van der Waals surface area (Å²) in [6.07, 6.45) is 1.64. The van der Waals surface area contributed by atoms with Crippen LogP contribution in [-0.4, -0.2) is 17.8 Å². The Balaban J connectivity index is 3.20. The van der Waals surface area contributed by atoms with Crippen LogP contribution in [-0.2, 0) is 0 Å². The Morgan fingerprint density at radius 2 is 2.46 bits per heavy atom. The fourth-order valence-electron chi connectivity index (χ4n) is 0.815. The summed E-state index contributed by atoms with van der Waals surface area (Å²) in [7, 11) is 0. The van der Waals surface area contributed by atoms with E-state index >= 15 is 0 Å². The highest BCUT2D eigenvalue weighted by atomic mass is 19.1. The van der Waals surface area contributed by atoms with Gasteiger partial charge in [0.2, 0.25) is 5.95 Å². The van der Waals surface area contributed by atoms with Gasteiger partial charge in [0.25, 0.3) is 0 Å². The summed E-state index contributed by atoms with van der Waals surface area (Å²) in [4.78, 5) is 13.8. The van der Waals surface area contributed by atoms with Crippen LogP contribution in [0.2, 0.25) is 0 Å². The molecule has 13 heavy (non-hydrogen) atoms. The molecule has 66 valence electrons. The smallest absolute Gasteiger partial charge is 0.224 e. The van der Waals surface area contributed by atoms with E-state index < -0.39 is 5.95 Å². The maximum absolute atomic E-state index is 12.8. The van der Waals surface area contributed by atoms with Gasteiger partial charge >= 0.3 is 0 Å². The Hall–Kier alpha value is -1.73. The molecule has 0 aromatic carbocycles. The van der Waals surface area contributed by atoms with Crippen LogP contribution in [0.3, 0.4) is 0 Å². The van der Waals surface area contributed by atoms with Gasteiger partial charge in [0.05, 0.1) is 12.1 Å². The van der Waals surface area contributed by atoms with Crippen LogP contribution in [0.1, 0.15) is 15.9 Å². The van der Waals surface area contributed by atoms with Gasteiger partial charge in [-0.2, -0.15) is 4.39 Å². The summed E-state index contributed by atoms with van der Waals surface area (Å²) in [6.45, 7) is 0.169. The van der Waals surface area contributed by atoms with Crippen molar-refractivity contribution in [3.05, 3.63) is 29.3 Å². The predicted molar refractivity (Wildman–Crippen MR) is 45.5 cm³/mol. The van der Waals surface area contributed by atoms with E-state index in [1.54, 1.807) is 0 Å². The van der Waals surface area contributed by atoms with Crippen molar-refractivity contribution in [3.8, 4) is 11.8 Å². The van der Waals surface area contributed by atoms with E-state index in [0.717, 1.165) is 0 Å². The molecule has 1 aromatic heterocycles. The minimum Gasteiger partial charge on any atom is -0.320 e. The number of carbonyl (C=O) groups is 1. The molecule has 0 aliphatic carbocycles. The lowest BCUT2D eigenvalue weighted by molar-refractivity contribution is 0.111. The van der Waals surface area contributed by atoms with Crippen molar-refractivity contribution in [3.63, 3.8) is 0 Å². The molecule has 0 bridgehead atoms. The second kappa shape index (κ2) is 4.33. The first-order chi connectivity index (χ1) is 6.29. The van der Waals surface area contributed by atoms with E-state index in [4.69, 9.17) is 5.73 Å². The number of hydrogen-bond donors (Lipinski definition) is 1. The molecule has 2 N–H and O–H groups in total. The number of aldehydes is 1. The highest BCUT2D eigenvalue weighted by Gasteiger charge is 2.05. The van der Waals surface area contributed by atoms with E-state index in [9.17, 15) is 9.18 Å². The lowest BCUT2D eigenvalue weighted by Gasteiger charge is -1.95. The largest absolute Gasteiger partial charge is 0.320 e. The molecule has 1 aromatic rings. The highest BCUT2D eigenvalue weighted by molar-refractivity contribution is 5.79. The zero-order valence-corrected chi connectivity index (χ0v) is 6.75. The topological polar surface area (TPSA) is 56.0 Å². The standard InChI is InChI=1S/C9H7FN2O/c10-9-8(6-13)7(2-1-4-11)3-5-12-9/h3,5-6H,4,11H2. The summed E-state index contributed by atoms with van der Waals surface area (Å²) >= 11 is 0. The molecular formula is C9H7FN2O. The van der Waals surface area contributed by atoms with Crippen molar-refractivity contribution in [1.82, 2.24) is 4.98 Å². The summed E-state index contributed by atoms with van der Waals surface area (Å²) < 4.78 is 12.8. The Labute approximate surface area is 74.8 Å². The second-order valence-corrected chi connectivity index (χ2v) is 2.19. The molecule has 0 spiro atoms. The number of pyridine rings is 1. The van der Waals surface area contributed by atoms with Gasteiger partial charge in [-0.05, 0) is 6.07 Å². The van der Waals surface area contributed by atoms with Crippen molar-refractivity contribution in [2.45, 2.75) is 0 Å². The van der Waals surface area contributed by atoms with Crippen LogP contribution in [0.4, 0.5) is 4.39 Å². The number of nitrogens with zero attached hydrogens (tertiary/aromatic N) is 1. The van der Waals surface area contributed by atoms with E-state index in [0.29, 0.717) is 11.8 Å². The summed E-state index contributed by atoms with van der Waals surface area (Å²) in [6, 6.07) is 1.47. The molecule has 0 unspecified atom stereocenters. The Morgan fingerprint density at radius 1 is 1.69 bits per heavy atom. The monoisotopic (exact) mass is 178 g/mol. The summed E-state index contributed by atoms with van der Waals surface area (Å²) in [5.74, 6) is 4.30. The third-order valence-corrected chi connectivity index (χ3v) is 1.38. The van der Waals surface area contributed by atoms with Crippen molar-refractivity contribution in [2.75, 3.05) is 6.54 Å². The molecule has 4 heteroatoms. The van der Waals surface area contributed by atoms with E-state index in [1.165, 1.54) is 12.3 Å². The SMILES string of the molecule is NCC#Cc1ccnc(F)c1C=O. The maximum Gasteiger partial charge on any atom is 0.224 e. The zero-order valence-electron chi connectivity index (χ0n) is 6.75. The normalized spacial score (nSPS) is 8.77. The van der Waals surface area contributed by atoms with E-state index in [1.807, 2.05) is 0 Å². The molecule has 1 rings (SSSR count). The molecule has 0 saturated heterocycles. The fraction of sp³-hybridized carbons (Fsp3) is 0.111. The molecule has 0 aliphatic rings. The molecule has 3 nitrogen and oxygen atoms in total. The van der Waals surface area contributed by atoms with Crippen LogP contribution in [0.25, 0.3) is 0 Å². The van der Waals surface area contributed by atoms with Gasteiger partial charge in [-0.15, -0.1) is 0 Å². The fourth-order valence-corrected chi connectivity index (χ4v) is 0.815. The molecule has 1 heterocycles. The molecule has 0 saturated carbocycles. The van der Waals surface area contributed by atoms with Crippen LogP contribution in [0.15, 0.2) is 12.3 Å².